The summed E-state index contributed by atoms with van der Waals surface area (Å²) < 4.78 is 0. The molecule has 0 aromatic heterocycles. The zero-order valence-electron chi connectivity index (χ0n) is 9.37. The van der Waals surface area contributed by atoms with Gasteiger partial charge in [0.25, 0.3) is 0 Å². The van der Waals surface area contributed by atoms with Crippen LogP contribution in [-0.4, -0.2) is 25.3 Å². The monoisotopic (exact) mass is 387 g/mol. The van der Waals surface area contributed by atoms with Crippen LogP contribution in [0.15, 0.2) is 18.2 Å². The second-order valence-electron chi connectivity index (χ2n) is 3.82. The number of likely N-dealkylation sites (N-methyl/N-ethyl adjacent to an activating group) is 1. The van der Waals surface area contributed by atoms with Crippen LogP contribution in [-0.2, 0) is 5.41 Å². The van der Waals surface area contributed by atoms with Crippen LogP contribution in [0, 0.1) is 41.3 Å². The average molecular weight is 388 g/mol. The molecule has 0 heterocycles. The van der Waals surface area contributed by atoms with Gasteiger partial charge in [-0.2, -0.15) is 7.05 Å². The summed E-state index contributed by atoms with van der Waals surface area (Å²) in [4.78, 5) is 0. The Bertz CT molecular complexity index is 349. The molecule has 0 saturated heterocycles. The number of aliphatic hydroxyl groups is 1. The first-order chi connectivity index (χ1) is 7.03. The number of aliphatic hydroxyl groups excluding tert-OH is 1. The van der Waals surface area contributed by atoms with E-state index < -0.39 is 0 Å². The molecule has 1 radical (unpaired) electrons. The summed E-state index contributed by atoms with van der Waals surface area (Å²) in [5, 5.41) is 14.5. The van der Waals surface area contributed by atoms with Crippen LogP contribution in [0.25, 0.3) is 5.32 Å². The van der Waals surface area contributed by atoms with Crippen molar-refractivity contribution in [3.63, 3.8) is 0 Å². The van der Waals surface area contributed by atoms with E-state index in [9.17, 15) is 5.11 Å². The zero-order chi connectivity index (χ0) is 11.5. The van der Waals surface area contributed by atoms with E-state index in [1.165, 1.54) is 0 Å². The van der Waals surface area contributed by atoms with Crippen molar-refractivity contribution in [2.24, 2.45) is 0 Å². The van der Waals surface area contributed by atoms with Crippen molar-refractivity contribution < 1.29 is 46.4 Å². The van der Waals surface area contributed by atoms with Crippen molar-refractivity contribution in [1.82, 2.24) is 0 Å². The molecule has 0 amide bonds. The quantitative estimate of drug-likeness (QED) is 0.845. The van der Waals surface area contributed by atoms with Crippen LogP contribution in [0.5, 0.6) is 0 Å². The van der Waals surface area contributed by atoms with Crippen LogP contribution >= 0.6 is 23.2 Å². The third kappa shape index (κ3) is 4.08. The Morgan fingerprint density at radius 1 is 1.31 bits per heavy atom. The number of nitrogens with zero attached hydrogens (tertiary/aromatic N) is 1. The summed E-state index contributed by atoms with van der Waals surface area (Å²) in [5.41, 5.74) is 0.563. The molecule has 0 bridgehead atoms. The van der Waals surface area contributed by atoms with Gasteiger partial charge < -0.3 is 10.4 Å². The molecule has 2 nitrogen and oxygen atoms in total. The van der Waals surface area contributed by atoms with Crippen LogP contribution < -0.4 is 0 Å². The maximum Gasteiger partial charge on any atom is 0.0595 e. The maximum absolute atomic E-state index is 9.39. The molecule has 1 aromatic carbocycles. The molecule has 1 unspecified atom stereocenters. The van der Waals surface area contributed by atoms with Gasteiger partial charge in [-0.05, 0) is 23.1 Å². The van der Waals surface area contributed by atoms with E-state index in [2.05, 4.69) is 5.32 Å². The van der Waals surface area contributed by atoms with Gasteiger partial charge in [0.15, 0.2) is 0 Å². The van der Waals surface area contributed by atoms with Crippen LogP contribution in [0.4, 0.5) is 0 Å². The normalized spacial score (nSPS) is 14.1. The minimum Gasteiger partial charge on any atom is -0.664 e. The summed E-state index contributed by atoms with van der Waals surface area (Å²) >= 11 is 11.8. The van der Waals surface area contributed by atoms with Crippen molar-refractivity contribution in [2.75, 3.05) is 20.2 Å². The molecule has 5 heteroatoms. The molecule has 16 heavy (non-hydrogen) atoms. The summed E-state index contributed by atoms with van der Waals surface area (Å²) in [6.07, 6.45) is 0. The third-order valence-electron chi connectivity index (χ3n) is 2.47. The number of benzene rings is 1. The van der Waals surface area contributed by atoms with Crippen molar-refractivity contribution in [1.29, 1.82) is 0 Å². The second kappa shape index (κ2) is 7.50. The van der Waals surface area contributed by atoms with E-state index in [4.69, 9.17) is 23.2 Å². The van der Waals surface area contributed by atoms with E-state index in [0.29, 0.717) is 16.6 Å². The summed E-state index contributed by atoms with van der Waals surface area (Å²) in [6, 6.07) is 5.39. The van der Waals surface area contributed by atoms with Crippen molar-refractivity contribution >= 4 is 23.2 Å². The van der Waals surface area contributed by atoms with Gasteiger partial charge in [0.2, 0.25) is 0 Å². The molecule has 1 rings (SSSR count). The minimum atomic E-state index is -0.386. The maximum atomic E-state index is 9.39. The first-order valence-electron chi connectivity index (χ1n) is 4.65. The molecule has 87 valence electrons. The van der Waals surface area contributed by atoms with E-state index in [1.54, 1.807) is 19.2 Å². The van der Waals surface area contributed by atoms with Gasteiger partial charge in [-0.25, -0.2) is 0 Å². The van der Waals surface area contributed by atoms with E-state index >= 15 is 0 Å². The fourth-order valence-corrected chi connectivity index (χ4v) is 1.75. The van der Waals surface area contributed by atoms with E-state index in [1.807, 2.05) is 13.0 Å². The van der Waals surface area contributed by atoms with Gasteiger partial charge in [0, 0.05) is 41.3 Å². The Hall–Kier alpha value is 1.08. The largest absolute Gasteiger partial charge is 0.664 e. The number of hydrogen-bond donors (Lipinski definition) is 1. The third-order valence-corrected chi connectivity index (χ3v) is 3.21. The number of halogens is 2. The van der Waals surface area contributed by atoms with Gasteiger partial charge >= 0.3 is 0 Å². The molecular weight excluding hydrogens is 374 g/mol. The predicted molar refractivity (Wildman–Crippen MR) is 65.0 cm³/mol. The van der Waals surface area contributed by atoms with Crippen molar-refractivity contribution in [3.8, 4) is 0 Å². The standard InChI is InChI=1S/C11H14Cl2NO.Pr/c1-11(7-15,6-14-2)8-3-4-9(12)10(13)5-8;/h3-5,15H,6-7H2,1-2H3;/q-1;. The second-order valence-corrected chi connectivity index (χ2v) is 4.64. The topological polar surface area (TPSA) is 34.3 Å². The molecule has 0 spiro atoms. The molecule has 1 aromatic rings. The molecule has 0 fully saturated rings. The number of rotatable bonds is 4. The fraction of sp³-hybridized carbons (Fsp3) is 0.455. The van der Waals surface area contributed by atoms with Gasteiger partial charge in [0.1, 0.15) is 0 Å². The van der Waals surface area contributed by atoms with Gasteiger partial charge in [-0.1, -0.05) is 36.2 Å². The average Bonchev–Trinajstić information content (AvgIpc) is 2.22. The fourth-order valence-electron chi connectivity index (χ4n) is 1.45. The Labute approximate surface area is 140 Å². The molecule has 0 aliphatic heterocycles. The van der Waals surface area contributed by atoms with Gasteiger partial charge in [-0.3, -0.25) is 0 Å². The molecule has 0 aliphatic rings. The van der Waals surface area contributed by atoms with Crippen molar-refractivity contribution in [3.05, 3.63) is 39.1 Å². The SMILES string of the molecule is C[N-]CC(C)(CO)c1ccc(Cl)c(Cl)c1.[Pr]. The summed E-state index contributed by atoms with van der Waals surface area (Å²) in [7, 11) is 1.73. The van der Waals surface area contributed by atoms with E-state index in [0.717, 1.165) is 5.56 Å². The molecular formula is C11H14Cl2NOPr-. The molecule has 1 atom stereocenters. The van der Waals surface area contributed by atoms with Crippen LogP contribution in [0.3, 0.4) is 0 Å². The van der Waals surface area contributed by atoms with E-state index in [-0.39, 0.29) is 53.3 Å². The Balaban J connectivity index is 0.00000225. The predicted octanol–water partition coefficient (Wildman–Crippen LogP) is 3.25. The van der Waals surface area contributed by atoms with Crippen LogP contribution in [0.2, 0.25) is 10.0 Å². The minimum absolute atomic E-state index is 0. The van der Waals surface area contributed by atoms with Gasteiger partial charge in [-0.15, -0.1) is 6.54 Å². The Kier molecular flexibility index (Phi) is 8.01. The zero-order valence-corrected chi connectivity index (χ0v) is 14.6. The molecule has 1 N–H and O–H groups in total. The number of hydrogen-bond acceptors (Lipinski definition) is 1. The van der Waals surface area contributed by atoms with Crippen molar-refractivity contribution in [2.45, 2.75) is 12.3 Å². The van der Waals surface area contributed by atoms with Crippen LogP contribution in [0.1, 0.15) is 12.5 Å². The smallest absolute Gasteiger partial charge is 0.0595 e. The first kappa shape index (κ1) is 17.1. The summed E-state index contributed by atoms with van der Waals surface area (Å²) in [6.45, 7) is 2.53. The summed E-state index contributed by atoms with van der Waals surface area (Å²) in [5.74, 6) is 0. The molecule has 0 aliphatic carbocycles. The molecule has 0 saturated carbocycles. The Morgan fingerprint density at radius 2 is 1.94 bits per heavy atom. The first-order valence-corrected chi connectivity index (χ1v) is 5.41. The van der Waals surface area contributed by atoms with Gasteiger partial charge in [0.05, 0.1) is 16.7 Å². The Morgan fingerprint density at radius 3 is 2.38 bits per heavy atom.